The number of para-hydroxylation sites is 4. The van der Waals surface area contributed by atoms with E-state index < -0.39 is 0 Å². The Hall–Kier alpha value is -8.34. The van der Waals surface area contributed by atoms with Gasteiger partial charge in [-0.05, 0) is 101 Å². The maximum Gasteiger partial charge on any atom is 0.143 e. The van der Waals surface area contributed by atoms with Gasteiger partial charge in [0.2, 0.25) is 0 Å². The summed E-state index contributed by atoms with van der Waals surface area (Å²) < 4.78 is 15.2. The molecule has 0 spiro atoms. The standard InChI is InChI=1S/C58H36N2O2/c1-2-14-45-37(12-1)28-34-49-57-44(18-11-23-56(57)62-58(45)49)39-26-31-41(32-27-39)59(42-33-35-55-50(36-42)48-17-6-10-22-54(48)61-55)40-29-24-38(25-30-40)43-13-3-7-19-51(43)60-52-20-8-4-15-46(52)47-16-5-9-21-53(47)60/h1-36H. The number of nitrogens with zero attached hydrogens (tertiary/aromatic N) is 2. The molecule has 10 aromatic carbocycles. The van der Waals surface area contributed by atoms with E-state index in [4.69, 9.17) is 8.83 Å². The van der Waals surface area contributed by atoms with Crippen LogP contribution in [0.2, 0.25) is 0 Å². The number of aromatic nitrogens is 1. The van der Waals surface area contributed by atoms with Gasteiger partial charge in [-0.3, -0.25) is 0 Å². The van der Waals surface area contributed by atoms with Gasteiger partial charge in [0.15, 0.2) is 0 Å². The van der Waals surface area contributed by atoms with Crippen molar-refractivity contribution in [3.63, 3.8) is 0 Å². The second-order valence-electron chi connectivity index (χ2n) is 16.0. The maximum absolute atomic E-state index is 6.55. The van der Waals surface area contributed by atoms with Gasteiger partial charge in [-0.2, -0.15) is 0 Å². The minimum Gasteiger partial charge on any atom is -0.456 e. The molecule has 0 bridgehead atoms. The molecule has 3 heterocycles. The summed E-state index contributed by atoms with van der Waals surface area (Å²) in [4.78, 5) is 2.34. The lowest BCUT2D eigenvalue weighted by atomic mass is 9.98. The Balaban J connectivity index is 0.941. The monoisotopic (exact) mass is 792 g/mol. The van der Waals surface area contributed by atoms with E-state index in [2.05, 4.69) is 216 Å². The van der Waals surface area contributed by atoms with E-state index in [-0.39, 0.29) is 0 Å². The Morgan fingerprint density at radius 1 is 0.339 bits per heavy atom. The lowest BCUT2D eigenvalue weighted by Gasteiger charge is -2.26. The summed E-state index contributed by atoms with van der Waals surface area (Å²) in [5.41, 5.74) is 14.8. The highest BCUT2D eigenvalue weighted by Crippen LogP contribution is 2.43. The predicted molar refractivity (Wildman–Crippen MR) is 258 cm³/mol. The summed E-state index contributed by atoms with van der Waals surface area (Å²) in [6, 6.07) is 78.0. The first-order valence-corrected chi connectivity index (χ1v) is 21.1. The summed E-state index contributed by atoms with van der Waals surface area (Å²) >= 11 is 0. The summed E-state index contributed by atoms with van der Waals surface area (Å²) in [5, 5.41) is 9.25. The van der Waals surface area contributed by atoms with E-state index in [0.29, 0.717) is 0 Å². The molecule has 0 unspecified atom stereocenters. The maximum atomic E-state index is 6.55. The van der Waals surface area contributed by atoms with Crippen molar-refractivity contribution in [2.75, 3.05) is 4.90 Å². The van der Waals surface area contributed by atoms with Crippen LogP contribution < -0.4 is 4.90 Å². The number of hydrogen-bond acceptors (Lipinski definition) is 3. The molecule has 62 heavy (non-hydrogen) atoms. The van der Waals surface area contributed by atoms with Crippen molar-refractivity contribution in [1.82, 2.24) is 4.57 Å². The molecule has 0 N–H and O–H groups in total. The Morgan fingerprint density at radius 2 is 0.903 bits per heavy atom. The molecule has 0 aliphatic rings. The molecule has 0 fully saturated rings. The molecular weight excluding hydrogens is 757 g/mol. The van der Waals surface area contributed by atoms with Gasteiger partial charge >= 0.3 is 0 Å². The summed E-state index contributed by atoms with van der Waals surface area (Å²) in [6.07, 6.45) is 0. The first kappa shape index (κ1) is 34.5. The fraction of sp³-hybridized carbons (Fsp3) is 0. The van der Waals surface area contributed by atoms with E-state index in [1.54, 1.807) is 0 Å². The zero-order chi connectivity index (χ0) is 40.7. The van der Waals surface area contributed by atoms with Crippen LogP contribution in [0.3, 0.4) is 0 Å². The second kappa shape index (κ2) is 13.6. The molecule has 0 atom stereocenters. The molecule has 3 aromatic heterocycles. The highest BCUT2D eigenvalue weighted by atomic mass is 16.3. The fourth-order valence-corrected chi connectivity index (χ4v) is 9.77. The van der Waals surface area contributed by atoms with Gasteiger partial charge in [0, 0.05) is 60.3 Å². The number of hydrogen-bond donors (Lipinski definition) is 0. The van der Waals surface area contributed by atoms with Crippen molar-refractivity contribution in [1.29, 1.82) is 0 Å². The molecule has 290 valence electrons. The van der Waals surface area contributed by atoms with Gasteiger partial charge in [-0.25, -0.2) is 0 Å². The van der Waals surface area contributed by atoms with E-state index in [1.165, 1.54) is 32.8 Å². The zero-order valence-electron chi connectivity index (χ0n) is 33.5. The molecule has 13 aromatic rings. The van der Waals surface area contributed by atoms with Crippen molar-refractivity contribution in [3.8, 4) is 27.9 Å². The van der Waals surface area contributed by atoms with Crippen LogP contribution in [0.4, 0.5) is 17.1 Å². The van der Waals surface area contributed by atoms with E-state index >= 15 is 0 Å². The van der Waals surface area contributed by atoms with Crippen molar-refractivity contribution in [2.45, 2.75) is 0 Å². The highest BCUT2D eigenvalue weighted by molar-refractivity contribution is 6.19. The first-order valence-electron chi connectivity index (χ1n) is 21.1. The third-order valence-electron chi connectivity index (χ3n) is 12.6. The SMILES string of the molecule is c1ccc(-n2c3ccccc3c3ccccc32)c(-c2ccc(N(c3ccc(-c4cccc5oc6c7ccccc7ccc6c45)cc3)c3ccc4oc5ccccc5c4c3)cc2)c1. The highest BCUT2D eigenvalue weighted by Gasteiger charge is 2.20. The smallest absolute Gasteiger partial charge is 0.143 e. The van der Waals surface area contributed by atoms with Crippen LogP contribution in [0, 0.1) is 0 Å². The van der Waals surface area contributed by atoms with Gasteiger partial charge in [0.1, 0.15) is 22.3 Å². The average Bonchev–Trinajstić information content (AvgIpc) is 4.02. The number of benzene rings is 10. The fourth-order valence-electron chi connectivity index (χ4n) is 9.77. The lowest BCUT2D eigenvalue weighted by molar-refractivity contribution is 0.669. The molecule has 0 aliphatic heterocycles. The van der Waals surface area contributed by atoms with Gasteiger partial charge in [-0.15, -0.1) is 0 Å². The van der Waals surface area contributed by atoms with Crippen LogP contribution in [0.5, 0.6) is 0 Å². The predicted octanol–water partition coefficient (Wildman–Crippen LogP) is 16.5. The summed E-state index contributed by atoms with van der Waals surface area (Å²) in [6.45, 7) is 0. The Kier molecular flexibility index (Phi) is 7.57. The lowest BCUT2D eigenvalue weighted by Crippen LogP contribution is -2.09. The minimum absolute atomic E-state index is 0.871. The molecule has 0 saturated heterocycles. The molecule has 4 nitrogen and oxygen atoms in total. The quantitative estimate of drug-likeness (QED) is 0.168. The molecular formula is C58H36N2O2. The third kappa shape index (κ3) is 5.27. The molecule has 0 aliphatic carbocycles. The van der Waals surface area contributed by atoms with Gasteiger partial charge in [0.25, 0.3) is 0 Å². The van der Waals surface area contributed by atoms with Crippen molar-refractivity contribution < 1.29 is 8.83 Å². The van der Waals surface area contributed by atoms with Crippen LogP contribution in [-0.4, -0.2) is 4.57 Å². The summed E-state index contributed by atoms with van der Waals surface area (Å²) in [5.74, 6) is 0. The normalized spacial score (nSPS) is 11.9. The van der Waals surface area contributed by atoms with Crippen molar-refractivity contribution in [3.05, 3.63) is 218 Å². The summed E-state index contributed by atoms with van der Waals surface area (Å²) in [7, 11) is 0. The van der Waals surface area contributed by atoms with Crippen LogP contribution in [-0.2, 0) is 0 Å². The van der Waals surface area contributed by atoms with Gasteiger partial charge < -0.3 is 18.3 Å². The van der Waals surface area contributed by atoms with Gasteiger partial charge in [-0.1, -0.05) is 140 Å². The first-order chi connectivity index (χ1) is 30.7. The number of furan rings is 2. The topological polar surface area (TPSA) is 34.5 Å². The largest absolute Gasteiger partial charge is 0.456 e. The minimum atomic E-state index is 0.871. The van der Waals surface area contributed by atoms with Crippen LogP contribution in [0.1, 0.15) is 0 Å². The molecule has 0 saturated carbocycles. The van der Waals surface area contributed by atoms with Crippen LogP contribution >= 0.6 is 0 Å². The van der Waals surface area contributed by atoms with Gasteiger partial charge in [0.05, 0.1) is 16.7 Å². The second-order valence-corrected chi connectivity index (χ2v) is 16.0. The Labute approximate surface area is 356 Å². The van der Waals surface area contributed by atoms with E-state index in [1.807, 2.05) is 12.1 Å². The average molecular weight is 793 g/mol. The molecule has 13 rings (SSSR count). The Morgan fingerprint density at radius 3 is 1.66 bits per heavy atom. The zero-order valence-corrected chi connectivity index (χ0v) is 33.5. The molecule has 0 amide bonds. The van der Waals surface area contributed by atoms with Crippen molar-refractivity contribution in [2.24, 2.45) is 0 Å². The number of rotatable bonds is 6. The number of anilines is 3. The van der Waals surface area contributed by atoms with Crippen LogP contribution in [0.15, 0.2) is 227 Å². The number of fused-ring (bicyclic) bond motifs is 11. The molecule has 4 heteroatoms. The van der Waals surface area contributed by atoms with E-state index in [0.717, 1.165) is 88.7 Å². The van der Waals surface area contributed by atoms with Crippen LogP contribution in [0.25, 0.3) is 104 Å². The van der Waals surface area contributed by atoms with E-state index in [9.17, 15) is 0 Å². The molecule has 0 radical (unpaired) electrons. The van der Waals surface area contributed by atoms with Crippen molar-refractivity contribution >= 4 is 93.5 Å². The third-order valence-corrected chi connectivity index (χ3v) is 12.6. The Bertz CT molecular complexity index is 3810.